The third-order valence-electron chi connectivity index (χ3n) is 5.40. The molecule has 1 aromatic carbocycles. The van der Waals surface area contributed by atoms with Gasteiger partial charge in [0.15, 0.2) is 0 Å². The van der Waals surface area contributed by atoms with Crippen LogP contribution >= 0.6 is 0 Å². The average Bonchev–Trinajstić information content (AvgIpc) is 3.18. The van der Waals surface area contributed by atoms with E-state index in [0.717, 1.165) is 23.8 Å². The molecule has 0 aromatic heterocycles. The molecule has 2 bridgehead atoms. The summed E-state index contributed by atoms with van der Waals surface area (Å²) in [6, 6.07) is 9.71. The zero-order valence-corrected chi connectivity index (χ0v) is 12.0. The summed E-state index contributed by atoms with van der Waals surface area (Å²) in [6.45, 7) is 0.284. The quantitative estimate of drug-likeness (QED) is 0.623. The highest BCUT2D eigenvalue weighted by atomic mass is 16.7. The Kier molecular flexibility index (Phi) is 3.21. The number of rotatable bonds is 3. The van der Waals surface area contributed by atoms with E-state index in [4.69, 9.17) is 9.47 Å². The third kappa shape index (κ3) is 2.35. The van der Waals surface area contributed by atoms with Gasteiger partial charge in [-0.15, -0.1) is 0 Å². The fourth-order valence-corrected chi connectivity index (χ4v) is 4.49. The second-order valence-corrected chi connectivity index (χ2v) is 6.48. The van der Waals surface area contributed by atoms with Gasteiger partial charge >= 0.3 is 6.16 Å². The van der Waals surface area contributed by atoms with Gasteiger partial charge in [0.05, 0.1) is 0 Å². The molecule has 0 radical (unpaired) electrons. The summed E-state index contributed by atoms with van der Waals surface area (Å²) >= 11 is 0. The Labute approximate surface area is 124 Å². The number of carbonyl (C=O) groups excluding carboxylic acids is 1. The molecule has 4 rings (SSSR count). The lowest BCUT2D eigenvalue weighted by Crippen LogP contribution is -2.32. The van der Waals surface area contributed by atoms with Crippen LogP contribution in [0.15, 0.2) is 42.5 Å². The van der Waals surface area contributed by atoms with Gasteiger partial charge in [0.2, 0.25) is 0 Å². The highest BCUT2D eigenvalue weighted by Crippen LogP contribution is 2.57. The first-order valence-corrected chi connectivity index (χ1v) is 7.85. The Balaban J connectivity index is 1.31. The van der Waals surface area contributed by atoms with Gasteiger partial charge in [-0.25, -0.2) is 4.79 Å². The highest BCUT2D eigenvalue weighted by molar-refractivity contribution is 5.60. The van der Waals surface area contributed by atoms with Gasteiger partial charge in [-0.2, -0.15) is 0 Å². The summed E-state index contributed by atoms with van der Waals surface area (Å²) in [4.78, 5) is 11.9. The molecule has 0 N–H and O–H groups in total. The zero-order valence-electron chi connectivity index (χ0n) is 12.0. The van der Waals surface area contributed by atoms with Crippen LogP contribution in [0.3, 0.4) is 0 Å². The van der Waals surface area contributed by atoms with Crippen LogP contribution in [-0.2, 0) is 16.1 Å². The maximum absolute atomic E-state index is 11.9. The third-order valence-corrected chi connectivity index (χ3v) is 5.40. The molecule has 3 aliphatic rings. The van der Waals surface area contributed by atoms with Crippen molar-refractivity contribution in [3.8, 4) is 0 Å². The first kappa shape index (κ1) is 12.9. The van der Waals surface area contributed by atoms with E-state index in [1.54, 1.807) is 0 Å². The van der Waals surface area contributed by atoms with Crippen molar-refractivity contribution < 1.29 is 14.3 Å². The largest absolute Gasteiger partial charge is 0.508 e. The number of benzene rings is 1. The van der Waals surface area contributed by atoms with Crippen molar-refractivity contribution in [2.45, 2.75) is 32.0 Å². The molecule has 0 saturated heterocycles. The van der Waals surface area contributed by atoms with Crippen molar-refractivity contribution >= 4 is 6.16 Å². The summed E-state index contributed by atoms with van der Waals surface area (Å²) in [5.74, 6) is 2.70. The molecular formula is C18H20O3. The van der Waals surface area contributed by atoms with Crippen molar-refractivity contribution in [3.05, 3.63) is 48.0 Å². The molecule has 0 spiro atoms. The molecule has 0 amide bonds. The first-order valence-electron chi connectivity index (χ1n) is 7.85. The van der Waals surface area contributed by atoms with Crippen LogP contribution in [-0.4, -0.2) is 12.3 Å². The van der Waals surface area contributed by atoms with E-state index in [1.165, 1.54) is 12.8 Å². The summed E-state index contributed by atoms with van der Waals surface area (Å²) in [5, 5.41) is 0. The predicted molar refractivity (Wildman–Crippen MR) is 78.5 cm³/mol. The van der Waals surface area contributed by atoms with Crippen molar-refractivity contribution in [2.24, 2.45) is 23.7 Å². The summed E-state index contributed by atoms with van der Waals surface area (Å²) in [5.41, 5.74) is 0.987. The van der Waals surface area contributed by atoms with Crippen molar-refractivity contribution in [3.63, 3.8) is 0 Å². The number of carbonyl (C=O) groups is 1. The van der Waals surface area contributed by atoms with Crippen LogP contribution in [0, 0.1) is 23.7 Å². The Morgan fingerprint density at radius 1 is 1.14 bits per heavy atom. The summed E-state index contributed by atoms with van der Waals surface area (Å²) in [7, 11) is 0. The topological polar surface area (TPSA) is 35.5 Å². The highest BCUT2D eigenvalue weighted by Gasteiger charge is 2.53. The Morgan fingerprint density at radius 3 is 2.86 bits per heavy atom. The second-order valence-electron chi connectivity index (χ2n) is 6.48. The van der Waals surface area contributed by atoms with Crippen LogP contribution in [0.1, 0.15) is 24.8 Å². The molecular weight excluding hydrogens is 264 g/mol. The van der Waals surface area contributed by atoms with E-state index in [0.29, 0.717) is 11.8 Å². The lowest BCUT2D eigenvalue weighted by Gasteiger charge is -2.30. The SMILES string of the molecule is O=C(OCc1ccccc1)OC1C[C@H]2CC1C1C=CCC12. The molecule has 5 atom stereocenters. The maximum Gasteiger partial charge on any atom is 0.508 e. The summed E-state index contributed by atoms with van der Waals surface area (Å²) < 4.78 is 10.8. The molecule has 2 fully saturated rings. The predicted octanol–water partition coefficient (Wildman–Crippen LogP) is 3.94. The van der Waals surface area contributed by atoms with E-state index >= 15 is 0 Å². The Hall–Kier alpha value is -1.77. The van der Waals surface area contributed by atoms with E-state index in [-0.39, 0.29) is 12.7 Å². The minimum Gasteiger partial charge on any atom is -0.431 e. The lowest BCUT2D eigenvalue weighted by atomic mass is 9.80. The molecule has 0 heterocycles. The molecule has 110 valence electrons. The number of fused-ring (bicyclic) bond motifs is 5. The number of hydrogen-bond acceptors (Lipinski definition) is 3. The molecule has 3 aliphatic carbocycles. The molecule has 2 saturated carbocycles. The zero-order chi connectivity index (χ0) is 14.2. The molecule has 21 heavy (non-hydrogen) atoms. The van der Waals surface area contributed by atoms with Crippen molar-refractivity contribution in [1.82, 2.24) is 0 Å². The minimum absolute atomic E-state index is 0.0577. The van der Waals surface area contributed by atoms with Gasteiger partial charge in [0, 0.05) is 5.92 Å². The normalized spacial score (nSPS) is 35.7. The van der Waals surface area contributed by atoms with Crippen LogP contribution in [0.25, 0.3) is 0 Å². The minimum atomic E-state index is -0.519. The van der Waals surface area contributed by atoms with E-state index in [9.17, 15) is 4.79 Å². The van der Waals surface area contributed by atoms with Crippen LogP contribution in [0.5, 0.6) is 0 Å². The second kappa shape index (κ2) is 5.21. The Bertz CT molecular complexity index is 551. The van der Waals surface area contributed by atoms with Gasteiger partial charge in [-0.3, -0.25) is 0 Å². The number of hydrogen-bond donors (Lipinski definition) is 0. The monoisotopic (exact) mass is 284 g/mol. The van der Waals surface area contributed by atoms with Crippen LogP contribution in [0.2, 0.25) is 0 Å². The van der Waals surface area contributed by atoms with Gasteiger partial charge < -0.3 is 9.47 Å². The van der Waals surface area contributed by atoms with E-state index < -0.39 is 6.16 Å². The molecule has 4 unspecified atom stereocenters. The van der Waals surface area contributed by atoms with Gasteiger partial charge in [-0.05, 0) is 42.6 Å². The van der Waals surface area contributed by atoms with E-state index in [2.05, 4.69) is 12.2 Å². The number of allylic oxidation sites excluding steroid dienone is 2. The molecule has 3 nitrogen and oxygen atoms in total. The smallest absolute Gasteiger partial charge is 0.431 e. The maximum atomic E-state index is 11.9. The van der Waals surface area contributed by atoms with Gasteiger partial charge in [0.1, 0.15) is 12.7 Å². The fourth-order valence-electron chi connectivity index (χ4n) is 4.49. The lowest BCUT2D eigenvalue weighted by molar-refractivity contribution is -0.0111. The fraction of sp³-hybridized carbons (Fsp3) is 0.500. The average molecular weight is 284 g/mol. The first-order chi connectivity index (χ1) is 10.3. The summed E-state index contributed by atoms with van der Waals surface area (Å²) in [6.07, 6.45) is 7.63. The standard InChI is InChI=1S/C18H20O3/c19-18(20-11-12-5-2-1-3-6-12)21-17-10-13-9-16(17)15-8-4-7-14(13)15/h1-6,8,13-17H,7,9-11H2/t13-,14?,15?,16?,17?/m1/s1. The van der Waals surface area contributed by atoms with Gasteiger partial charge in [-0.1, -0.05) is 42.5 Å². The van der Waals surface area contributed by atoms with Crippen LogP contribution in [0.4, 0.5) is 4.79 Å². The molecule has 0 aliphatic heterocycles. The molecule has 3 heteroatoms. The van der Waals surface area contributed by atoms with Crippen molar-refractivity contribution in [2.75, 3.05) is 0 Å². The van der Waals surface area contributed by atoms with E-state index in [1.807, 2.05) is 30.3 Å². The van der Waals surface area contributed by atoms with Crippen LogP contribution < -0.4 is 0 Å². The number of ether oxygens (including phenoxy) is 2. The Morgan fingerprint density at radius 2 is 2.00 bits per heavy atom. The van der Waals surface area contributed by atoms with Crippen molar-refractivity contribution in [1.29, 1.82) is 0 Å². The van der Waals surface area contributed by atoms with Gasteiger partial charge in [0.25, 0.3) is 0 Å². The molecule has 1 aromatic rings.